The molecule has 3 aliphatic rings. The van der Waals surface area contributed by atoms with Gasteiger partial charge in [0.2, 0.25) is 11.8 Å². The molecule has 3 atom stereocenters. The molecule has 0 radical (unpaired) electrons. The number of nitrogens with one attached hydrogen (secondary N) is 3. The number of carbonyl (C=O) groups is 3. The van der Waals surface area contributed by atoms with Crippen LogP contribution in [0.5, 0.6) is 0 Å². The second-order valence-electron chi connectivity index (χ2n) is 9.41. The van der Waals surface area contributed by atoms with Gasteiger partial charge in [0.1, 0.15) is 5.82 Å². The van der Waals surface area contributed by atoms with Crippen molar-refractivity contribution in [3.63, 3.8) is 0 Å². The van der Waals surface area contributed by atoms with Gasteiger partial charge in [-0.2, -0.15) is 0 Å². The molecule has 0 spiro atoms. The van der Waals surface area contributed by atoms with Crippen LogP contribution in [-0.2, 0) is 9.59 Å². The fourth-order valence-electron chi connectivity index (χ4n) is 5.01. The molecular weight excluding hydrogens is 422 g/mol. The zero-order chi connectivity index (χ0) is 23.4. The second kappa shape index (κ2) is 10.4. The number of amides is 4. The van der Waals surface area contributed by atoms with Crippen molar-refractivity contribution in [3.8, 4) is 0 Å². The molecule has 4 rings (SSSR count). The van der Waals surface area contributed by atoms with E-state index < -0.39 is 0 Å². The molecule has 3 fully saturated rings. The Morgan fingerprint density at radius 2 is 2.00 bits per heavy atom. The van der Waals surface area contributed by atoms with Gasteiger partial charge < -0.3 is 25.8 Å². The van der Waals surface area contributed by atoms with Crippen molar-refractivity contribution in [2.75, 3.05) is 44.2 Å². The third kappa shape index (κ3) is 5.73. The second-order valence-corrected chi connectivity index (χ2v) is 9.41. The molecule has 3 aliphatic heterocycles. The minimum atomic E-state index is -0.245. The van der Waals surface area contributed by atoms with Gasteiger partial charge in [-0.15, -0.1) is 0 Å². The van der Waals surface area contributed by atoms with Crippen LogP contribution < -0.4 is 20.9 Å². The van der Waals surface area contributed by atoms with Gasteiger partial charge in [0, 0.05) is 70.0 Å². The Hall–Kier alpha value is -2.88. The molecule has 1 aromatic rings. The maximum absolute atomic E-state index is 12.9. The van der Waals surface area contributed by atoms with Crippen LogP contribution in [0.1, 0.15) is 33.1 Å². The van der Waals surface area contributed by atoms with Gasteiger partial charge in [-0.05, 0) is 38.8 Å². The first kappa shape index (κ1) is 23.3. The van der Waals surface area contributed by atoms with E-state index in [1.54, 1.807) is 6.20 Å². The van der Waals surface area contributed by atoms with E-state index in [1.165, 1.54) is 0 Å². The molecule has 0 aliphatic carbocycles. The molecule has 3 saturated heterocycles. The Morgan fingerprint density at radius 1 is 1.21 bits per heavy atom. The molecule has 33 heavy (non-hydrogen) atoms. The standard InChI is InChI=1S/C23H35N7O3/c1-16(2)26-23(33)27-17-13-19-22(32)25-14-18(30(19)15-17)6-7-21(31)29-11-9-28(10-12-29)20-5-3-4-8-24-20/h3-5,8,16-19H,6-7,9-15H2,1-2H3,(H,25,32)(H2,26,27,33)/t17-,18+,19-/m0/s1. The number of rotatable bonds is 6. The summed E-state index contributed by atoms with van der Waals surface area (Å²) in [4.78, 5) is 48.1. The molecule has 10 nitrogen and oxygen atoms in total. The monoisotopic (exact) mass is 457 g/mol. The molecule has 0 saturated carbocycles. The van der Waals surface area contributed by atoms with Gasteiger partial charge >= 0.3 is 6.03 Å². The predicted molar refractivity (Wildman–Crippen MR) is 125 cm³/mol. The smallest absolute Gasteiger partial charge is 0.315 e. The van der Waals surface area contributed by atoms with E-state index in [1.807, 2.05) is 36.9 Å². The summed E-state index contributed by atoms with van der Waals surface area (Å²) in [5.74, 6) is 1.12. The normalized spacial score (nSPS) is 25.5. The number of piperazine rings is 2. The average molecular weight is 458 g/mol. The van der Waals surface area contributed by atoms with Crippen LogP contribution in [0, 0.1) is 0 Å². The number of aromatic nitrogens is 1. The lowest BCUT2D eigenvalue weighted by atomic mass is 10.0. The number of urea groups is 1. The summed E-state index contributed by atoms with van der Waals surface area (Å²) in [6.45, 7) is 7.95. The first-order chi connectivity index (χ1) is 15.9. The highest BCUT2D eigenvalue weighted by Gasteiger charge is 2.44. The topological polar surface area (TPSA) is 110 Å². The number of hydrogen-bond donors (Lipinski definition) is 3. The molecule has 0 unspecified atom stereocenters. The van der Waals surface area contributed by atoms with Crippen molar-refractivity contribution in [2.45, 2.75) is 57.3 Å². The Morgan fingerprint density at radius 3 is 2.70 bits per heavy atom. The molecule has 4 heterocycles. The van der Waals surface area contributed by atoms with Crippen LogP contribution in [0.2, 0.25) is 0 Å². The van der Waals surface area contributed by atoms with Crippen LogP contribution in [0.3, 0.4) is 0 Å². The van der Waals surface area contributed by atoms with E-state index >= 15 is 0 Å². The fourth-order valence-corrected chi connectivity index (χ4v) is 5.01. The number of nitrogens with zero attached hydrogens (tertiary/aromatic N) is 4. The summed E-state index contributed by atoms with van der Waals surface area (Å²) in [6.07, 6.45) is 3.54. The van der Waals surface area contributed by atoms with Crippen molar-refractivity contribution in [3.05, 3.63) is 24.4 Å². The van der Waals surface area contributed by atoms with Crippen LogP contribution in [-0.4, -0.2) is 96.1 Å². The predicted octanol–water partition coefficient (Wildman–Crippen LogP) is 0.159. The molecule has 1 aromatic heterocycles. The summed E-state index contributed by atoms with van der Waals surface area (Å²) in [7, 11) is 0. The highest BCUT2D eigenvalue weighted by Crippen LogP contribution is 2.26. The first-order valence-corrected chi connectivity index (χ1v) is 11.9. The van der Waals surface area contributed by atoms with Gasteiger partial charge in [-0.25, -0.2) is 9.78 Å². The summed E-state index contributed by atoms with van der Waals surface area (Å²) in [6, 6.07) is 5.52. The number of fused-ring (bicyclic) bond motifs is 1. The first-order valence-electron chi connectivity index (χ1n) is 11.9. The van der Waals surface area contributed by atoms with E-state index in [4.69, 9.17) is 0 Å². The summed E-state index contributed by atoms with van der Waals surface area (Å²) < 4.78 is 0. The zero-order valence-electron chi connectivity index (χ0n) is 19.5. The van der Waals surface area contributed by atoms with Crippen molar-refractivity contribution in [2.24, 2.45) is 0 Å². The maximum atomic E-state index is 12.9. The number of anilines is 1. The molecule has 3 N–H and O–H groups in total. The average Bonchev–Trinajstić information content (AvgIpc) is 3.23. The van der Waals surface area contributed by atoms with Crippen molar-refractivity contribution < 1.29 is 14.4 Å². The Kier molecular flexibility index (Phi) is 7.32. The van der Waals surface area contributed by atoms with E-state index in [0.717, 1.165) is 18.9 Å². The molecule has 0 aromatic carbocycles. The number of pyridine rings is 1. The Labute approximate surface area is 195 Å². The minimum absolute atomic E-state index is 0.0109. The van der Waals surface area contributed by atoms with E-state index in [9.17, 15) is 14.4 Å². The largest absolute Gasteiger partial charge is 0.353 e. The highest BCUT2D eigenvalue weighted by atomic mass is 16.2. The number of hydrogen-bond acceptors (Lipinski definition) is 6. The SMILES string of the molecule is CC(C)NC(=O)N[C@H]1C[C@H]2C(=O)NC[C@@H](CCC(=O)N3CCN(c4ccccn4)CC3)N2C1. The maximum Gasteiger partial charge on any atom is 0.315 e. The third-order valence-corrected chi connectivity index (χ3v) is 6.67. The Bertz CT molecular complexity index is 842. The molecule has 180 valence electrons. The third-order valence-electron chi connectivity index (χ3n) is 6.67. The number of carbonyl (C=O) groups excluding carboxylic acids is 3. The van der Waals surface area contributed by atoms with E-state index in [2.05, 4.69) is 30.7 Å². The summed E-state index contributed by atoms with van der Waals surface area (Å²) in [5.41, 5.74) is 0. The van der Waals surface area contributed by atoms with Crippen molar-refractivity contribution >= 4 is 23.7 Å². The summed E-state index contributed by atoms with van der Waals surface area (Å²) in [5, 5.41) is 8.81. The molecule has 0 bridgehead atoms. The Balaban J connectivity index is 1.25. The lowest BCUT2D eigenvalue weighted by Gasteiger charge is -2.38. The van der Waals surface area contributed by atoms with Gasteiger partial charge in [0.15, 0.2) is 0 Å². The van der Waals surface area contributed by atoms with Crippen LogP contribution in [0.4, 0.5) is 10.6 Å². The van der Waals surface area contributed by atoms with E-state index in [0.29, 0.717) is 45.4 Å². The molecular formula is C23H35N7O3. The van der Waals surface area contributed by atoms with Crippen molar-refractivity contribution in [1.82, 2.24) is 30.7 Å². The van der Waals surface area contributed by atoms with Gasteiger partial charge in [-0.1, -0.05) is 6.07 Å². The summed E-state index contributed by atoms with van der Waals surface area (Å²) >= 11 is 0. The molecule has 4 amide bonds. The zero-order valence-corrected chi connectivity index (χ0v) is 19.5. The van der Waals surface area contributed by atoms with Crippen LogP contribution in [0.25, 0.3) is 0 Å². The lowest BCUT2D eigenvalue weighted by Crippen LogP contribution is -2.58. The fraction of sp³-hybridized carbons (Fsp3) is 0.652. The lowest BCUT2D eigenvalue weighted by molar-refractivity contribution is -0.132. The van der Waals surface area contributed by atoms with Crippen LogP contribution >= 0.6 is 0 Å². The van der Waals surface area contributed by atoms with E-state index in [-0.39, 0.29) is 42.0 Å². The quantitative estimate of drug-likeness (QED) is 0.561. The minimum Gasteiger partial charge on any atom is -0.353 e. The van der Waals surface area contributed by atoms with Gasteiger partial charge in [-0.3, -0.25) is 14.5 Å². The highest BCUT2D eigenvalue weighted by molar-refractivity contribution is 5.83. The van der Waals surface area contributed by atoms with Crippen molar-refractivity contribution in [1.29, 1.82) is 0 Å². The van der Waals surface area contributed by atoms with Crippen LogP contribution in [0.15, 0.2) is 24.4 Å². The van der Waals surface area contributed by atoms with Gasteiger partial charge in [0.05, 0.1) is 6.04 Å². The molecule has 10 heteroatoms. The van der Waals surface area contributed by atoms with Gasteiger partial charge in [0.25, 0.3) is 0 Å².